The van der Waals surface area contributed by atoms with Crippen molar-refractivity contribution in [1.29, 1.82) is 0 Å². The van der Waals surface area contributed by atoms with E-state index in [0.717, 1.165) is 58.1 Å². The molecule has 34 heavy (non-hydrogen) atoms. The van der Waals surface area contributed by atoms with Gasteiger partial charge in [0.1, 0.15) is 12.1 Å². The first kappa shape index (κ1) is 25.8. The van der Waals surface area contributed by atoms with Crippen LogP contribution >= 0.6 is 11.3 Å². The summed E-state index contributed by atoms with van der Waals surface area (Å²) in [6, 6.07) is 6.88. The van der Waals surface area contributed by atoms with Gasteiger partial charge >= 0.3 is 0 Å². The Labute approximate surface area is 204 Å². The molecule has 0 fully saturated rings. The molecule has 6 nitrogen and oxygen atoms in total. The third-order valence-electron chi connectivity index (χ3n) is 5.19. The molecule has 1 atom stereocenters. The molecule has 0 aliphatic carbocycles. The lowest BCUT2D eigenvalue weighted by Crippen LogP contribution is -2.20. The number of ether oxygens (including phenoxy) is 1. The Morgan fingerprint density at radius 3 is 2.41 bits per heavy atom. The molecule has 0 amide bonds. The molecule has 0 aliphatic rings. The minimum Gasteiger partial charge on any atom is -0.381 e. The topological polar surface area (TPSA) is 72.8 Å². The molecular formula is C26H32FN5OS. The maximum absolute atomic E-state index is 14.7. The number of nitrogens with one attached hydrogen (secondary N) is 1. The zero-order chi connectivity index (χ0) is 24.5. The van der Waals surface area contributed by atoms with Gasteiger partial charge in [-0.2, -0.15) is 0 Å². The van der Waals surface area contributed by atoms with Gasteiger partial charge in [-0.1, -0.05) is 19.9 Å². The highest BCUT2D eigenvalue weighted by molar-refractivity contribution is 7.19. The van der Waals surface area contributed by atoms with Gasteiger partial charge in [0.2, 0.25) is 0 Å². The minimum atomic E-state index is -0.310. The highest BCUT2D eigenvalue weighted by Gasteiger charge is 2.20. The van der Waals surface area contributed by atoms with Crippen molar-refractivity contribution in [1.82, 2.24) is 25.3 Å². The molecule has 1 unspecified atom stereocenters. The van der Waals surface area contributed by atoms with Crippen LogP contribution in [0.5, 0.6) is 0 Å². The van der Waals surface area contributed by atoms with Gasteiger partial charge in [-0.25, -0.2) is 14.4 Å². The number of hydrogen-bond acceptors (Lipinski definition) is 7. The van der Waals surface area contributed by atoms with Crippen molar-refractivity contribution in [2.24, 2.45) is 0 Å². The number of aromatic nitrogens is 4. The Morgan fingerprint density at radius 1 is 1.00 bits per heavy atom. The summed E-state index contributed by atoms with van der Waals surface area (Å²) in [5.74, 6) is -0.310. The first-order chi connectivity index (χ1) is 16.5. The average Bonchev–Trinajstić information content (AvgIpc) is 3.23. The fourth-order valence-corrected chi connectivity index (χ4v) is 4.59. The highest BCUT2D eigenvalue weighted by Crippen LogP contribution is 2.35. The lowest BCUT2D eigenvalue weighted by molar-refractivity contribution is 0.135. The molecule has 4 aromatic rings. The standard InChI is InChI=1S/C20H18FN5S.C6H14O/c1-11-8-16-20(27-11)19(26-10-25-16)14-9-13(4-5-15(14)21)18(22-3)17-12(2)23-6-7-24-17;1-3-5-7-6-4-2/h4-10,18,22H,1-3H3;3-6H2,1-2H3. The number of nitrogens with zero attached hydrogens (tertiary/aromatic N) is 4. The lowest BCUT2D eigenvalue weighted by Gasteiger charge is -2.18. The van der Waals surface area contributed by atoms with Crippen molar-refractivity contribution in [3.05, 3.63) is 70.6 Å². The van der Waals surface area contributed by atoms with Crippen LogP contribution in [0.25, 0.3) is 21.5 Å². The van der Waals surface area contributed by atoms with Crippen LogP contribution in [0.3, 0.4) is 0 Å². The van der Waals surface area contributed by atoms with Crippen molar-refractivity contribution in [2.75, 3.05) is 20.3 Å². The van der Waals surface area contributed by atoms with Crippen molar-refractivity contribution in [2.45, 2.75) is 46.6 Å². The molecule has 0 spiro atoms. The third-order valence-corrected chi connectivity index (χ3v) is 6.24. The molecule has 0 saturated heterocycles. The van der Waals surface area contributed by atoms with Crippen LogP contribution in [0, 0.1) is 19.7 Å². The molecule has 1 N–H and O–H groups in total. The number of hydrogen-bond donors (Lipinski definition) is 1. The van der Waals surface area contributed by atoms with Crippen LogP contribution in [0.4, 0.5) is 4.39 Å². The lowest BCUT2D eigenvalue weighted by atomic mass is 9.98. The van der Waals surface area contributed by atoms with Gasteiger partial charge in [0, 0.05) is 36.0 Å². The van der Waals surface area contributed by atoms with E-state index in [1.807, 2.05) is 33.0 Å². The maximum Gasteiger partial charge on any atom is 0.132 e. The number of fused-ring (bicyclic) bond motifs is 1. The first-order valence-electron chi connectivity index (χ1n) is 11.5. The zero-order valence-electron chi connectivity index (χ0n) is 20.4. The number of benzene rings is 1. The van der Waals surface area contributed by atoms with Crippen LogP contribution in [-0.4, -0.2) is 40.2 Å². The van der Waals surface area contributed by atoms with E-state index in [4.69, 9.17) is 4.74 Å². The van der Waals surface area contributed by atoms with Crippen LogP contribution in [-0.2, 0) is 4.74 Å². The van der Waals surface area contributed by atoms with E-state index >= 15 is 0 Å². The van der Waals surface area contributed by atoms with E-state index in [1.165, 1.54) is 12.4 Å². The summed E-state index contributed by atoms with van der Waals surface area (Å²) in [6.07, 6.45) is 7.09. The van der Waals surface area contributed by atoms with E-state index in [0.29, 0.717) is 11.3 Å². The third kappa shape index (κ3) is 6.20. The molecule has 4 rings (SSSR count). The number of thiophene rings is 1. The first-order valence-corrected chi connectivity index (χ1v) is 12.3. The van der Waals surface area contributed by atoms with Gasteiger partial charge < -0.3 is 10.1 Å². The Morgan fingerprint density at radius 2 is 1.74 bits per heavy atom. The van der Waals surface area contributed by atoms with E-state index in [9.17, 15) is 4.39 Å². The molecular weight excluding hydrogens is 449 g/mol. The number of rotatable bonds is 8. The van der Waals surface area contributed by atoms with Gasteiger partial charge in [0.25, 0.3) is 0 Å². The summed E-state index contributed by atoms with van der Waals surface area (Å²) in [7, 11) is 1.85. The summed E-state index contributed by atoms with van der Waals surface area (Å²) in [6.45, 7) is 10.0. The summed E-state index contributed by atoms with van der Waals surface area (Å²) < 4.78 is 20.8. The molecule has 0 bridgehead atoms. The number of halogens is 1. The molecule has 0 radical (unpaired) electrons. The van der Waals surface area contributed by atoms with Crippen molar-refractivity contribution >= 4 is 21.6 Å². The summed E-state index contributed by atoms with van der Waals surface area (Å²) >= 11 is 1.57. The predicted molar refractivity (Wildman–Crippen MR) is 137 cm³/mol. The second kappa shape index (κ2) is 12.6. The average molecular weight is 482 g/mol. The molecule has 3 heterocycles. The predicted octanol–water partition coefficient (Wildman–Crippen LogP) is 6.04. The van der Waals surface area contributed by atoms with E-state index in [1.54, 1.807) is 29.8 Å². The molecule has 0 aliphatic heterocycles. The fraction of sp³-hybridized carbons (Fsp3) is 0.385. The van der Waals surface area contributed by atoms with Crippen molar-refractivity contribution in [3.63, 3.8) is 0 Å². The fourth-order valence-electron chi connectivity index (χ4n) is 3.62. The second-order valence-corrected chi connectivity index (χ2v) is 9.15. The van der Waals surface area contributed by atoms with Crippen LogP contribution < -0.4 is 5.32 Å². The molecule has 1 aromatic carbocycles. The van der Waals surface area contributed by atoms with Gasteiger partial charge in [-0.15, -0.1) is 11.3 Å². The quantitative estimate of drug-likeness (QED) is 0.310. The Kier molecular flexibility index (Phi) is 9.56. The normalized spacial score (nSPS) is 11.8. The summed E-state index contributed by atoms with van der Waals surface area (Å²) in [5.41, 5.74) is 4.46. The van der Waals surface area contributed by atoms with Gasteiger partial charge in [0.15, 0.2) is 0 Å². The Hall–Kier alpha value is -2.81. The Balaban J connectivity index is 0.000000406. The largest absolute Gasteiger partial charge is 0.381 e. The molecule has 0 saturated carbocycles. The minimum absolute atomic E-state index is 0.194. The van der Waals surface area contributed by atoms with Gasteiger partial charge in [-0.05, 0) is 57.5 Å². The molecule has 8 heteroatoms. The smallest absolute Gasteiger partial charge is 0.132 e. The van der Waals surface area contributed by atoms with Crippen LogP contribution in [0.15, 0.2) is 43.0 Å². The van der Waals surface area contributed by atoms with Crippen LogP contribution in [0.2, 0.25) is 0 Å². The summed E-state index contributed by atoms with van der Waals surface area (Å²) in [4.78, 5) is 18.6. The molecule has 3 aromatic heterocycles. The van der Waals surface area contributed by atoms with E-state index in [-0.39, 0.29) is 11.9 Å². The molecule has 180 valence electrons. The Bertz CT molecular complexity index is 1210. The number of aryl methyl sites for hydroxylation is 2. The van der Waals surface area contributed by atoms with Gasteiger partial charge in [-0.3, -0.25) is 9.97 Å². The summed E-state index contributed by atoms with van der Waals surface area (Å²) in [5, 5.41) is 3.26. The zero-order valence-corrected chi connectivity index (χ0v) is 21.2. The van der Waals surface area contributed by atoms with Crippen LogP contribution in [0.1, 0.15) is 54.6 Å². The van der Waals surface area contributed by atoms with E-state index in [2.05, 4.69) is 39.1 Å². The second-order valence-electron chi connectivity index (χ2n) is 7.89. The van der Waals surface area contributed by atoms with Crippen molar-refractivity contribution < 1.29 is 9.13 Å². The van der Waals surface area contributed by atoms with Gasteiger partial charge in [0.05, 0.1) is 33.3 Å². The van der Waals surface area contributed by atoms with Crippen molar-refractivity contribution in [3.8, 4) is 11.3 Å². The maximum atomic E-state index is 14.7. The monoisotopic (exact) mass is 481 g/mol. The SMILES string of the molecule is CCCOCCC.CNC(c1ccc(F)c(-c2ncnc3cc(C)sc23)c1)c1nccnc1C. The van der Waals surface area contributed by atoms with E-state index < -0.39 is 0 Å². The highest BCUT2D eigenvalue weighted by atomic mass is 32.1.